The standard InChI is InChI=1S/C15H19BrN2OS/c1-10-9-19-14(18-10)20-12-6-5-11(13(16)7-12)8-17-15(2,3)4/h5-7,9,17H,8H2,1-4H3. The molecule has 3 nitrogen and oxygen atoms in total. The molecule has 108 valence electrons. The fraction of sp³-hybridized carbons (Fsp3) is 0.400. The van der Waals surface area contributed by atoms with E-state index < -0.39 is 0 Å². The fourth-order valence-electron chi connectivity index (χ4n) is 1.58. The van der Waals surface area contributed by atoms with E-state index in [0.29, 0.717) is 5.22 Å². The van der Waals surface area contributed by atoms with Gasteiger partial charge in [0.1, 0.15) is 6.26 Å². The number of benzene rings is 1. The van der Waals surface area contributed by atoms with E-state index in [4.69, 9.17) is 4.42 Å². The summed E-state index contributed by atoms with van der Waals surface area (Å²) >= 11 is 5.16. The molecular formula is C15H19BrN2OS. The highest BCUT2D eigenvalue weighted by molar-refractivity contribution is 9.10. The maximum absolute atomic E-state index is 5.35. The van der Waals surface area contributed by atoms with E-state index in [0.717, 1.165) is 21.6 Å². The molecule has 1 aromatic heterocycles. The lowest BCUT2D eigenvalue weighted by atomic mass is 10.1. The Hall–Kier alpha value is -0.780. The van der Waals surface area contributed by atoms with Crippen molar-refractivity contribution in [3.05, 3.63) is 40.2 Å². The third-order valence-corrected chi connectivity index (χ3v) is 4.23. The molecule has 0 saturated heterocycles. The number of oxazole rings is 1. The van der Waals surface area contributed by atoms with Gasteiger partial charge in [-0.1, -0.05) is 22.0 Å². The van der Waals surface area contributed by atoms with Gasteiger partial charge in [-0.05, 0) is 57.2 Å². The molecule has 20 heavy (non-hydrogen) atoms. The minimum atomic E-state index is 0.114. The van der Waals surface area contributed by atoms with Crippen LogP contribution < -0.4 is 5.32 Å². The highest BCUT2D eigenvalue weighted by Gasteiger charge is 2.11. The summed E-state index contributed by atoms with van der Waals surface area (Å²) in [6, 6.07) is 6.32. The molecule has 0 radical (unpaired) electrons. The molecule has 1 heterocycles. The van der Waals surface area contributed by atoms with Gasteiger partial charge in [0, 0.05) is 21.5 Å². The Balaban J connectivity index is 2.05. The monoisotopic (exact) mass is 354 g/mol. The van der Waals surface area contributed by atoms with Gasteiger partial charge in [-0.25, -0.2) is 4.98 Å². The quantitative estimate of drug-likeness (QED) is 0.856. The van der Waals surface area contributed by atoms with Crippen LogP contribution in [0.3, 0.4) is 0 Å². The summed E-state index contributed by atoms with van der Waals surface area (Å²) in [7, 11) is 0. The first-order valence-electron chi connectivity index (χ1n) is 6.47. The molecule has 1 N–H and O–H groups in total. The van der Waals surface area contributed by atoms with Crippen LogP contribution >= 0.6 is 27.7 Å². The summed E-state index contributed by atoms with van der Waals surface area (Å²) in [6.45, 7) is 9.25. The second kappa shape index (κ2) is 6.33. The lowest BCUT2D eigenvalue weighted by Crippen LogP contribution is -2.35. The van der Waals surface area contributed by atoms with Crippen molar-refractivity contribution in [1.29, 1.82) is 0 Å². The Morgan fingerprint density at radius 2 is 2.10 bits per heavy atom. The molecule has 0 atom stereocenters. The topological polar surface area (TPSA) is 38.1 Å². The first-order valence-corrected chi connectivity index (χ1v) is 8.08. The minimum Gasteiger partial charge on any atom is -0.439 e. The average molecular weight is 355 g/mol. The zero-order valence-corrected chi connectivity index (χ0v) is 14.6. The van der Waals surface area contributed by atoms with Crippen LogP contribution in [0.1, 0.15) is 32.0 Å². The van der Waals surface area contributed by atoms with E-state index in [1.54, 1.807) is 6.26 Å². The first kappa shape index (κ1) is 15.6. The maximum atomic E-state index is 5.35. The van der Waals surface area contributed by atoms with Gasteiger partial charge in [0.15, 0.2) is 0 Å². The number of aromatic nitrogens is 1. The van der Waals surface area contributed by atoms with Crippen LogP contribution in [-0.2, 0) is 6.54 Å². The summed E-state index contributed by atoms with van der Waals surface area (Å²) in [4.78, 5) is 5.40. The zero-order chi connectivity index (χ0) is 14.8. The number of halogens is 1. The normalized spacial score (nSPS) is 11.8. The SMILES string of the molecule is Cc1coc(Sc2ccc(CNC(C)(C)C)c(Br)c2)n1. The predicted molar refractivity (Wildman–Crippen MR) is 86.1 cm³/mol. The van der Waals surface area contributed by atoms with Crippen LogP contribution in [-0.4, -0.2) is 10.5 Å². The van der Waals surface area contributed by atoms with E-state index in [2.05, 4.69) is 65.2 Å². The highest BCUT2D eigenvalue weighted by atomic mass is 79.9. The molecule has 0 aliphatic heterocycles. The predicted octanol–water partition coefficient (Wildman–Crippen LogP) is 4.78. The average Bonchev–Trinajstić information content (AvgIpc) is 2.72. The smallest absolute Gasteiger partial charge is 0.260 e. The van der Waals surface area contributed by atoms with Gasteiger partial charge in [0.25, 0.3) is 5.22 Å². The van der Waals surface area contributed by atoms with E-state index in [1.165, 1.54) is 17.3 Å². The summed E-state index contributed by atoms with van der Waals surface area (Å²) in [5, 5.41) is 4.16. The summed E-state index contributed by atoms with van der Waals surface area (Å²) in [6.07, 6.45) is 1.67. The number of hydrogen-bond acceptors (Lipinski definition) is 4. The van der Waals surface area contributed by atoms with Crippen LogP contribution in [0.2, 0.25) is 0 Å². The first-order chi connectivity index (χ1) is 9.33. The number of hydrogen-bond donors (Lipinski definition) is 1. The van der Waals surface area contributed by atoms with Crippen LogP contribution in [0.5, 0.6) is 0 Å². The number of nitrogens with zero attached hydrogens (tertiary/aromatic N) is 1. The van der Waals surface area contributed by atoms with Crippen molar-refractivity contribution in [3.8, 4) is 0 Å². The van der Waals surface area contributed by atoms with Crippen LogP contribution in [0, 0.1) is 6.92 Å². The molecule has 0 aliphatic rings. The van der Waals surface area contributed by atoms with Gasteiger partial charge in [-0.15, -0.1) is 0 Å². The Bertz CT molecular complexity index is 590. The molecule has 0 spiro atoms. The van der Waals surface area contributed by atoms with Crippen molar-refractivity contribution in [1.82, 2.24) is 10.3 Å². The largest absolute Gasteiger partial charge is 0.439 e. The summed E-state index contributed by atoms with van der Waals surface area (Å²) in [5.74, 6) is 0. The second-order valence-corrected chi connectivity index (χ2v) is 7.59. The number of aryl methyl sites for hydroxylation is 1. The zero-order valence-electron chi connectivity index (χ0n) is 12.2. The van der Waals surface area contributed by atoms with Crippen molar-refractivity contribution in [2.24, 2.45) is 0 Å². The lowest BCUT2D eigenvalue weighted by Gasteiger charge is -2.21. The number of nitrogens with one attached hydrogen (secondary N) is 1. The van der Waals surface area contributed by atoms with Gasteiger partial charge < -0.3 is 9.73 Å². The summed E-state index contributed by atoms with van der Waals surface area (Å²) < 4.78 is 6.45. The van der Waals surface area contributed by atoms with Gasteiger partial charge in [-0.3, -0.25) is 0 Å². The molecule has 0 amide bonds. The third kappa shape index (κ3) is 4.65. The van der Waals surface area contributed by atoms with E-state index in [1.807, 2.05) is 6.92 Å². The van der Waals surface area contributed by atoms with Crippen LogP contribution in [0.15, 0.2) is 43.5 Å². The number of rotatable bonds is 4. The Morgan fingerprint density at radius 3 is 2.65 bits per heavy atom. The van der Waals surface area contributed by atoms with E-state index in [9.17, 15) is 0 Å². The Morgan fingerprint density at radius 1 is 1.35 bits per heavy atom. The van der Waals surface area contributed by atoms with E-state index in [-0.39, 0.29) is 5.54 Å². The molecule has 0 aliphatic carbocycles. The maximum Gasteiger partial charge on any atom is 0.260 e. The van der Waals surface area contributed by atoms with Gasteiger partial charge in [-0.2, -0.15) is 0 Å². The van der Waals surface area contributed by atoms with Crippen molar-refractivity contribution >= 4 is 27.7 Å². The molecule has 0 fully saturated rings. The Labute approximate surface area is 132 Å². The Kier molecular flexibility index (Phi) is 4.94. The molecule has 1 aromatic carbocycles. The molecule has 0 saturated carbocycles. The van der Waals surface area contributed by atoms with Gasteiger partial charge in [0.2, 0.25) is 0 Å². The van der Waals surface area contributed by atoms with Crippen molar-refractivity contribution < 1.29 is 4.42 Å². The second-order valence-electron chi connectivity index (χ2n) is 5.71. The highest BCUT2D eigenvalue weighted by Crippen LogP contribution is 2.30. The van der Waals surface area contributed by atoms with Crippen molar-refractivity contribution in [2.75, 3.05) is 0 Å². The van der Waals surface area contributed by atoms with Crippen LogP contribution in [0.25, 0.3) is 0 Å². The third-order valence-electron chi connectivity index (χ3n) is 2.64. The lowest BCUT2D eigenvalue weighted by molar-refractivity contribution is 0.424. The van der Waals surface area contributed by atoms with Crippen molar-refractivity contribution in [3.63, 3.8) is 0 Å². The van der Waals surface area contributed by atoms with Gasteiger partial charge in [0.05, 0.1) is 5.69 Å². The molecule has 0 unspecified atom stereocenters. The van der Waals surface area contributed by atoms with Crippen molar-refractivity contribution in [2.45, 2.75) is 49.9 Å². The van der Waals surface area contributed by atoms with Gasteiger partial charge >= 0.3 is 0 Å². The van der Waals surface area contributed by atoms with Crippen LogP contribution in [0.4, 0.5) is 0 Å². The van der Waals surface area contributed by atoms with E-state index >= 15 is 0 Å². The molecule has 2 rings (SSSR count). The molecule has 5 heteroatoms. The minimum absolute atomic E-state index is 0.114. The molecule has 0 bridgehead atoms. The summed E-state index contributed by atoms with van der Waals surface area (Å²) in [5.41, 5.74) is 2.26. The fourth-order valence-corrected chi connectivity index (χ4v) is 3.05. The molecular weight excluding hydrogens is 336 g/mol. The molecule has 2 aromatic rings.